The molecule has 1 aliphatic carbocycles. The van der Waals surface area contributed by atoms with Crippen molar-refractivity contribution in [1.82, 2.24) is 20.1 Å². The molecule has 2 aromatic carbocycles. The van der Waals surface area contributed by atoms with Crippen LogP contribution in [0.1, 0.15) is 47.4 Å². The molecule has 0 aliphatic heterocycles. The summed E-state index contributed by atoms with van der Waals surface area (Å²) in [5, 5.41) is 18.4. The van der Waals surface area contributed by atoms with Gasteiger partial charge in [0.2, 0.25) is 11.5 Å². The van der Waals surface area contributed by atoms with Crippen molar-refractivity contribution in [2.24, 2.45) is 5.73 Å². The fourth-order valence-corrected chi connectivity index (χ4v) is 5.03. The minimum absolute atomic E-state index is 0.00642. The van der Waals surface area contributed by atoms with Crippen LogP contribution in [-0.4, -0.2) is 58.1 Å². The lowest BCUT2D eigenvalue weighted by Gasteiger charge is -2.31. The molecule has 0 radical (unpaired) electrons. The third-order valence-electron chi connectivity index (χ3n) is 7.28. The molecule has 2 amide bonds. The van der Waals surface area contributed by atoms with Crippen molar-refractivity contribution in [1.29, 1.82) is 0 Å². The van der Waals surface area contributed by atoms with Crippen LogP contribution in [0.5, 0.6) is 11.5 Å². The Morgan fingerprint density at radius 3 is 2.53 bits per heavy atom. The molecular formula is C30H28ClF4N5O5. The standard InChI is InChI=1S/C30H28ClF4N5O5/c1-3-45-27-15(11-24(36)41)10-23(38-26(27)20-7-4-18(31)12-21(20)32)29(43,30(33,34)35)14-37-28(42)16-8-17-13-40(19-5-6-19)39-25(17)22(9-16)44-2/h4,7-10,12-13,19,43H,3,5-6,11,14H2,1-2H3,(H2,36,41)(H,37,42)/t29-/m0/s1. The zero-order chi connectivity index (χ0) is 32.7. The van der Waals surface area contributed by atoms with Gasteiger partial charge in [0.1, 0.15) is 28.5 Å². The van der Waals surface area contributed by atoms with Gasteiger partial charge in [-0.05, 0) is 56.2 Å². The average molecular weight is 650 g/mol. The second-order valence-corrected chi connectivity index (χ2v) is 11.0. The Hall–Kier alpha value is -4.43. The molecule has 2 aromatic heterocycles. The van der Waals surface area contributed by atoms with Crippen molar-refractivity contribution in [3.05, 3.63) is 70.3 Å². The van der Waals surface area contributed by atoms with Crippen LogP contribution in [0.4, 0.5) is 17.6 Å². The first-order valence-electron chi connectivity index (χ1n) is 13.8. The number of benzene rings is 2. The van der Waals surface area contributed by atoms with Gasteiger partial charge in [0.25, 0.3) is 5.91 Å². The van der Waals surface area contributed by atoms with Crippen LogP contribution < -0.4 is 20.5 Å². The number of carbonyl (C=O) groups is 2. The third-order valence-corrected chi connectivity index (χ3v) is 7.52. The van der Waals surface area contributed by atoms with Crippen molar-refractivity contribution < 1.29 is 41.7 Å². The normalized spacial score (nSPS) is 14.7. The average Bonchev–Trinajstić information content (AvgIpc) is 3.73. The quantitative estimate of drug-likeness (QED) is 0.198. The summed E-state index contributed by atoms with van der Waals surface area (Å²) in [4.78, 5) is 29.1. The molecule has 1 aliphatic rings. The molecule has 5 rings (SSSR count). The number of amides is 2. The topological polar surface area (TPSA) is 142 Å². The van der Waals surface area contributed by atoms with Gasteiger partial charge in [-0.3, -0.25) is 14.3 Å². The van der Waals surface area contributed by atoms with Gasteiger partial charge in [-0.15, -0.1) is 0 Å². The van der Waals surface area contributed by atoms with Crippen LogP contribution in [0.3, 0.4) is 0 Å². The number of nitrogens with one attached hydrogen (secondary N) is 1. The molecule has 1 fully saturated rings. The van der Waals surface area contributed by atoms with E-state index in [2.05, 4.69) is 15.4 Å². The van der Waals surface area contributed by atoms with E-state index in [1.54, 1.807) is 17.8 Å². The Kier molecular flexibility index (Phi) is 8.64. The van der Waals surface area contributed by atoms with E-state index in [4.69, 9.17) is 26.8 Å². The zero-order valence-electron chi connectivity index (χ0n) is 24.0. The Labute approximate surface area is 259 Å². The number of primary amides is 1. The molecule has 45 heavy (non-hydrogen) atoms. The van der Waals surface area contributed by atoms with Gasteiger partial charge in [0, 0.05) is 33.3 Å². The maximum atomic E-state index is 15.0. The lowest BCUT2D eigenvalue weighted by Crippen LogP contribution is -2.51. The number of hydrogen-bond donors (Lipinski definition) is 3. The Morgan fingerprint density at radius 1 is 1.20 bits per heavy atom. The number of fused-ring (bicyclic) bond motifs is 1. The van der Waals surface area contributed by atoms with Gasteiger partial charge in [0.15, 0.2) is 0 Å². The second kappa shape index (κ2) is 12.2. The molecule has 0 saturated heterocycles. The number of halogens is 5. The van der Waals surface area contributed by atoms with Gasteiger partial charge >= 0.3 is 6.18 Å². The molecule has 10 nitrogen and oxygen atoms in total. The monoisotopic (exact) mass is 649 g/mol. The van der Waals surface area contributed by atoms with E-state index in [1.165, 1.54) is 31.4 Å². The molecule has 15 heteroatoms. The summed E-state index contributed by atoms with van der Waals surface area (Å²) in [6.07, 6.45) is -2.41. The van der Waals surface area contributed by atoms with Crippen molar-refractivity contribution in [2.45, 2.75) is 44.0 Å². The largest absolute Gasteiger partial charge is 0.494 e. The highest BCUT2D eigenvalue weighted by Gasteiger charge is 2.57. The van der Waals surface area contributed by atoms with E-state index >= 15 is 4.39 Å². The molecule has 4 N–H and O–H groups in total. The number of aromatic nitrogens is 3. The number of rotatable bonds is 11. The molecule has 238 valence electrons. The summed E-state index contributed by atoms with van der Waals surface area (Å²) in [6, 6.07) is 7.19. The van der Waals surface area contributed by atoms with Crippen LogP contribution >= 0.6 is 11.6 Å². The van der Waals surface area contributed by atoms with Gasteiger partial charge in [-0.25, -0.2) is 9.37 Å². The molecule has 1 atom stereocenters. The molecular weight excluding hydrogens is 622 g/mol. The van der Waals surface area contributed by atoms with Crippen LogP contribution in [0, 0.1) is 5.82 Å². The molecule has 0 bridgehead atoms. The van der Waals surface area contributed by atoms with Crippen LogP contribution in [0.25, 0.3) is 22.2 Å². The predicted molar refractivity (Wildman–Crippen MR) is 156 cm³/mol. The maximum absolute atomic E-state index is 15.0. The summed E-state index contributed by atoms with van der Waals surface area (Å²) in [5.74, 6) is -2.81. The smallest absolute Gasteiger partial charge is 0.424 e. The number of hydrogen-bond acceptors (Lipinski definition) is 7. The van der Waals surface area contributed by atoms with Gasteiger partial charge in [-0.1, -0.05) is 11.6 Å². The highest BCUT2D eigenvalue weighted by atomic mass is 35.5. The molecule has 2 heterocycles. The number of nitrogens with two attached hydrogens (primary N) is 1. The highest BCUT2D eigenvalue weighted by molar-refractivity contribution is 6.30. The fraction of sp³-hybridized carbons (Fsp3) is 0.333. The van der Waals surface area contributed by atoms with E-state index in [0.717, 1.165) is 25.0 Å². The highest BCUT2D eigenvalue weighted by Crippen LogP contribution is 2.43. The van der Waals surface area contributed by atoms with Crippen LogP contribution in [-0.2, 0) is 16.8 Å². The van der Waals surface area contributed by atoms with Crippen molar-refractivity contribution >= 4 is 34.3 Å². The van der Waals surface area contributed by atoms with Crippen molar-refractivity contribution in [3.63, 3.8) is 0 Å². The number of ether oxygens (including phenoxy) is 2. The first-order chi connectivity index (χ1) is 21.2. The first-order valence-corrected chi connectivity index (χ1v) is 14.2. The minimum atomic E-state index is -5.41. The molecule has 4 aromatic rings. The van der Waals surface area contributed by atoms with E-state index in [-0.39, 0.29) is 45.9 Å². The summed E-state index contributed by atoms with van der Waals surface area (Å²) < 4.78 is 71.8. The van der Waals surface area contributed by atoms with Gasteiger partial charge < -0.3 is 25.6 Å². The van der Waals surface area contributed by atoms with E-state index in [9.17, 15) is 27.9 Å². The zero-order valence-corrected chi connectivity index (χ0v) is 24.8. The SMILES string of the molecule is CCOc1c(CC(N)=O)cc([C@@](O)(CNC(=O)c2cc(OC)c3nn(C4CC4)cc3c2)C(F)(F)F)nc1-c1ccc(Cl)cc1F. The Morgan fingerprint density at radius 2 is 1.93 bits per heavy atom. The summed E-state index contributed by atoms with van der Waals surface area (Å²) >= 11 is 5.87. The number of aliphatic hydroxyl groups is 1. The maximum Gasteiger partial charge on any atom is 0.424 e. The minimum Gasteiger partial charge on any atom is -0.494 e. The summed E-state index contributed by atoms with van der Waals surface area (Å²) in [7, 11) is 1.37. The molecule has 0 spiro atoms. The van der Waals surface area contributed by atoms with Crippen molar-refractivity contribution in [2.75, 3.05) is 20.3 Å². The van der Waals surface area contributed by atoms with Crippen LogP contribution in [0.2, 0.25) is 5.02 Å². The van der Waals surface area contributed by atoms with Crippen molar-refractivity contribution in [3.8, 4) is 22.8 Å². The van der Waals surface area contributed by atoms with E-state index in [0.29, 0.717) is 10.9 Å². The first kappa shape index (κ1) is 32.0. The van der Waals surface area contributed by atoms with Gasteiger partial charge in [-0.2, -0.15) is 18.3 Å². The Bertz CT molecular complexity index is 1790. The fourth-order valence-electron chi connectivity index (χ4n) is 4.87. The molecule has 0 unspecified atom stereocenters. The predicted octanol–water partition coefficient (Wildman–Crippen LogP) is 4.84. The summed E-state index contributed by atoms with van der Waals surface area (Å²) in [5.41, 5.74) is 0.0334. The number of alkyl halides is 3. The lowest BCUT2D eigenvalue weighted by atomic mass is 9.93. The number of carbonyl (C=O) groups excluding carboxylic acids is 2. The molecule has 1 saturated carbocycles. The van der Waals surface area contributed by atoms with Gasteiger partial charge in [0.05, 0.1) is 38.4 Å². The number of nitrogens with zero attached hydrogens (tertiary/aromatic N) is 3. The van der Waals surface area contributed by atoms with E-state index in [1.807, 2.05) is 0 Å². The summed E-state index contributed by atoms with van der Waals surface area (Å²) in [6.45, 7) is 0.146. The van der Waals surface area contributed by atoms with Crippen LogP contribution in [0.15, 0.2) is 42.6 Å². The second-order valence-electron chi connectivity index (χ2n) is 10.5. The number of methoxy groups -OCH3 is 1. The van der Waals surface area contributed by atoms with E-state index < -0.39 is 53.8 Å². The lowest BCUT2D eigenvalue weighted by molar-refractivity contribution is -0.265. The number of pyridine rings is 1. The Balaban J connectivity index is 1.56. The third kappa shape index (κ3) is 6.38.